The van der Waals surface area contributed by atoms with Gasteiger partial charge in [-0.15, -0.1) is 11.8 Å². The van der Waals surface area contributed by atoms with Gasteiger partial charge in [-0.05, 0) is 49.6 Å². The fraction of sp³-hybridized carbons (Fsp3) is 0.385. The number of para-hydroxylation sites is 1. The standard InChI is InChI=1S/C26H27N3O4S/c1-17-12-14-28(21-7-4-5-8-22(21)34-17)24(30)16-33-26(32)18-10-11-19-20(15-18)27-23-9-3-2-6-13-29(23)25(19)31/h4-5,7-8,10-11,15,17H,2-3,6,9,12-14,16H2,1H3. The highest BCUT2D eigenvalue weighted by molar-refractivity contribution is 8.00. The number of aromatic nitrogens is 2. The zero-order chi connectivity index (χ0) is 23.7. The monoisotopic (exact) mass is 477 g/mol. The van der Waals surface area contributed by atoms with E-state index in [0.717, 1.165) is 48.5 Å². The lowest BCUT2D eigenvalue weighted by atomic mass is 10.1. The first kappa shape index (κ1) is 22.7. The number of benzene rings is 2. The second-order valence-electron chi connectivity index (χ2n) is 8.83. The maximum atomic E-state index is 13.0. The third-order valence-electron chi connectivity index (χ3n) is 6.42. The van der Waals surface area contributed by atoms with E-state index in [-0.39, 0.29) is 23.6 Å². The Hall–Kier alpha value is -3.13. The van der Waals surface area contributed by atoms with Crippen LogP contribution in [0.5, 0.6) is 0 Å². The number of aryl methyl sites for hydroxylation is 1. The smallest absolute Gasteiger partial charge is 0.338 e. The van der Waals surface area contributed by atoms with E-state index in [2.05, 4.69) is 11.9 Å². The predicted octanol–water partition coefficient (Wildman–Crippen LogP) is 4.20. The van der Waals surface area contributed by atoms with E-state index in [9.17, 15) is 14.4 Å². The summed E-state index contributed by atoms with van der Waals surface area (Å²) in [5.41, 5.74) is 1.57. The molecule has 2 aromatic carbocycles. The van der Waals surface area contributed by atoms with E-state index in [1.165, 1.54) is 0 Å². The summed E-state index contributed by atoms with van der Waals surface area (Å²) in [4.78, 5) is 46.1. The zero-order valence-electron chi connectivity index (χ0n) is 19.2. The van der Waals surface area contributed by atoms with Gasteiger partial charge >= 0.3 is 5.97 Å². The van der Waals surface area contributed by atoms with E-state index in [1.54, 1.807) is 39.4 Å². The number of hydrogen-bond acceptors (Lipinski definition) is 6. The van der Waals surface area contributed by atoms with Gasteiger partial charge in [-0.3, -0.25) is 14.2 Å². The Balaban J connectivity index is 1.33. The molecule has 1 aromatic heterocycles. The Morgan fingerprint density at radius 3 is 2.85 bits per heavy atom. The molecule has 8 heteroatoms. The van der Waals surface area contributed by atoms with Crippen molar-refractivity contribution in [1.82, 2.24) is 9.55 Å². The number of hydrogen-bond donors (Lipinski definition) is 0. The summed E-state index contributed by atoms with van der Waals surface area (Å²) in [6.07, 6.45) is 4.65. The quantitative estimate of drug-likeness (QED) is 0.526. The third kappa shape index (κ3) is 4.46. The van der Waals surface area contributed by atoms with Crippen LogP contribution in [0.25, 0.3) is 10.9 Å². The molecule has 3 heterocycles. The van der Waals surface area contributed by atoms with E-state index in [1.807, 2.05) is 24.3 Å². The van der Waals surface area contributed by atoms with Gasteiger partial charge in [0, 0.05) is 29.7 Å². The Bertz CT molecular complexity index is 1320. The van der Waals surface area contributed by atoms with Gasteiger partial charge in [0.2, 0.25) is 0 Å². The molecule has 0 fully saturated rings. The number of rotatable bonds is 3. The summed E-state index contributed by atoms with van der Waals surface area (Å²) in [5, 5.41) is 0.886. The van der Waals surface area contributed by atoms with Gasteiger partial charge in [-0.1, -0.05) is 25.5 Å². The molecule has 1 amide bonds. The number of thioether (sulfide) groups is 1. The van der Waals surface area contributed by atoms with Gasteiger partial charge in [0.05, 0.1) is 22.2 Å². The van der Waals surface area contributed by atoms with Gasteiger partial charge in [-0.25, -0.2) is 9.78 Å². The van der Waals surface area contributed by atoms with E-state index in [0.29, 0.717) is 29.2 Å². The Labute approximate surface area is 202 Å². The molecule has 5 rings (SSSR count). The van der Waals surface area contributed by atoms with Crippen molar-refractivity contribution < 1.29 is 14.3 Å². The fourth-order valence-electron chi connectivity index (χ4n) is 4.58. The molecule has 0 saturated carbocycles. The highest BCUT2D eigenvalue weighted by Crippen LogP contribution is 2.37. The Morgan fingerprint density at radius 1 is 1.12 bits per heavy atom. The van der Waals surface area contributed by atoms with Crippen LogP contribution in [0.2, 0.25) is 0 Å². The third-order valence-corrected chi connectivity index (χ3v) is 7.66. The van der Waals surface area contributed by atoms with Gasteiger partial charge in [0.15, 0.2) is 6.61 Å². The van der Waals surface area contributed by atoms with Crippen molar-refractivity contribution in [2.24, 2.45) is 0 Å². The number of anilines is 1. The summed E-state index contributed by atoms with van der Waals surface area (Å²) < 4.78 is 7.14. The first-order valence-corrected chi connectivity index (χ1v) is 12.7. The average molecular weight is 478 g/mol. The number of carbonyl (C=O) groups excluding carboxylic acids is 2. The van der Waals surface area contributed by atoms with Crippen molar-refractivity contribution in [1.29, 1.82) is 0 Å². The lowest BCUT2D eigenvalue weighted by Gasteiger charge is -2.22. The van der Waals surface area contributed by atoms with Crippen molar-refractivity contribution in [3.63, 3.8) is 0 Å². The van der Waals surface area contributed by atoms with Gasteiger partial charge in [0.1, 0.15) is 5.82 Å². The molecule has 3 aromatic rings. The van der Waals surface area contributed by atoms with E-state index in [4.69, 9.17) is 4.74 Å². The topological polar surface area (TPSA) is 81.5 Å². The van der Waals surface area contributed by atoms with Crippen LogP contribution in [0.4, 0.5) is 5.69 Å². The highest BCUT2D eigenvalue weighted by atomic mass is 32.2. The van der Waals surface area contributed by atoms with E-state index >= 15 is 0 Å². The summed E-state index contributed by atoms with van der Waals surface area (Å²) in [6, 6.07) is 12.6. The molecule has 34 heavy (non-hydrogen) atoms. The molecular formula is C26H27N3O4S. The Morgan fingerprint density at radius 2 is 1.97 bits per heavy atom. The maximum Gasteiger partial charge on any atom is 0.338 e. The molecule has 7 nitrogen and oxygen atoms in total. The molecule has 0 aliphatic carbocycles. The maximum absolute atomic E-state index is 13.0. The molecule has 0 bridgehead atoms. The normalized spacial score (nSPS) is 17.9. The van der Waals surface area contributed by atoms with Gasteiger partial charge in [0.25, 0.3) is 11.5 Å². The molecule has 1 atom stereocenters. The highest BCUT2D eigenvalue weighted by Gasteiger charge is 2.25. The molecule has 2 aliphatic heterocycles. The van der Waals surface area contributed by atoms with Crippen LogP contribution in [0.15, 0.2) is 52.2 Å². The van der Waals surface area contributed by atoms with Crippen molar-refractivity contribution in [3.05, 3.63) is 64.2 Å². The summed E-state index contributed by atoms with van der Waals surface area (Å²) in [5.74, 6) is -0.0847. The predicted molar refractivity (Wildman–Crippen MR) is 133 cm³/mol. The van der Waals surface area contributed by atoms with Crippen LogP contribution in [0.3, 0.4) is 0 Å². The lowest BCUT2D eigenvalue weighted by Crippen LogP contribution is -2.35. The lowest BCUT2D eigenvalue weighted by molar-refractivity contribution is -0.121. The van der Waals surface area contributed by atoms with Gasteiger partial charge < -0.3 is 9.64 Å². The number of carbonyl (C=O) groups is 2. The minimum atomic E-state index is -0.599. The van der Waals surface area contributed by atoms with Crippen LogP contribution in [0.1, 0.15) is 48.8 Å². The van der Waals surface area contributed by atoms with Crippen molar-refractivity contribution in [3.8, 4) is 0 Å². The minimum absolute atomic E-state index is 0.0658. The van der Waals surface area contributed by atoms with Crippen molar-refractivity contribution >= 4 is 40.2 Å². The van der Waals surface area contributed by atoms with Crippen molar-refractivity contribution in [2.45, 2.75) is 55.7 Å². The largest absolute Gasteiger partial charge is 0.452 e. The number of ether oxygens (including phenoxy) is 1. The first-order valence-electron chi connectivity index (χ1n) is 11.8. The number of nitrogens with zero attached hydrogens (tertiary/aromatic N) is 3. The van der Waals surface area contributed by atoms with E-state index < -0.39 is 5.97 Å². The fourth-order valence-corrected chi connectivity index (χ4v) is 5.69. The van der Waals surface area contributed by atoms with Crippen LogP contribution in [0, 0.1) is 0 Å². The van der Waals surface area contributed by atoms with Gasteiger partial charge in [-0.2, -0.15) is 0 Å². The van der Waals surface area contributed by atoms with Crippen LogP contribution in [-0.2, 0) is 22.5 Å². The molecule has 1 unspecified atom stereocenters. The SMILES string of the molecule is CC1CCN(C(=O)COC(=O)c2ccc3c(=O)n4c(nc3c2)CCCCC4)c2ccccc2S1. The molecular weight excluding hydrogens is 450 g/mol. The molecule has 0 radical (unpaired) electrons. The van der Waals surface area contributed by atoms with Crippen molar-refractivity contribution in [2.75, 3.05) is 18.1 Å². The molecule has 0 N–H and O–H groups in total. The number of amides is 1. The number of esters is 1. The zero-order valence-corrected chi connectivity index (χ0v) is 20.0. The van der Waals surface area contributed by atoms with Crippen LogP contribution < -0.4 is 10.5 Å². The summed E-state index contributed by atoms with van der Waals surface area (Å²) in [6.45, 7) is 3.06. The molecule has 176 valence electrons. The molecule has 0 saturated heterocycles. The minimum Gasteiger partial charge on any atom is -0.452 e. The molecule has 0 spiro atoms. The second kappa shape index (κ2) is 9.62. The van der Waals surface area contributed by atoms with Crippen LogP contribution >= 0.6 is 11.8 Å². The number of fused-ring (bicyclic) bond motifs is 3. The molecule has 2 aliphatic rings. The average Bonchev–Trinajstić information content (AvgIpc) is 3.18. The second-order valence-corrected chi connectivity index (χ2v) is 10.3. The summed E-state index contributed by atoms with van der Waals surface area (Å²) in [7, 11) is 0. The van der Waals surface area contributed by atoms with Crippen LogP contribution in [-0.4, -0.2) is 39.8 Å². The first-order chi connectivity index (χ1) is 16.5. The summed E-state index contributed by atoms with van der Waals surface area (Å²) >= 11 is 1.75. The Kier molecular flexibility index (Phi) is 6.41.